The lowest BCUT2D eigenvalue weighted by atomic mass is 10.1. The van der Waals surface area contributed by atoms with E-state index in [1.165, 1.54) is 6.07 Å². The Morgan fingerprint density at radius 3 is 2.71 bits per heavy atom. The smallest absolute Gasteiger partial charge is 0.359 e. The van der Waals surface area contributed by atoms with Crippen molar-refractivity contribution >= 4 is 22.6 Å². The van der Waals surface area contributed by atoms with E-state index in [1.54, 1.807) is 12.1 Å². The van der Waals surface area contributed by atoms with E-state index in [2.05, 4.69) is 0 Å². The second-order valence-electron chi connectivity index (χ2n) is 3.08. The molecule has 1 atom stereocenters. The first-order valence-corrected chi connectivity index (χ1v) is 5.03. The van der Waals surface area contributed by atoms with Gasteiger partial charge in [0.1, 0.15) is 0 Å². The summed E-state index contributed by atoms with van der Waals surface area (Å²) < 4.78 is 42.8. The molecule has 0 amide bonds. The minimum absolute atomic E-state index is 0.0520. The summed E-state index contributed by atoms with van der Waals surface area (Å²) in [6, 6.07) is 4.99. The SMILES string of the molecule is FC(F)(F)C1OCc2ccc(I)cc21. The van der Waals surface area contributed by atoms with Crippen molar-refractivity contribution in [1.82, 2.24) is 0 Å². The monoisotopic (exact) mass is 314 g/mol. The van der Waals surface area contributed by atoms with Crippen molar-refractivity contribution in [3.8, 4) is 0 Å². The molecule has 1 heterocycles. The molecule has 1 aliphatic heterocycles. The average Bonchev–Trinajstić information content (AvgIpc) is 2.45. The van der Waals surface area contributed by atoms with Gasteiger partial charge >= 0.3 is 6.18 Å². The van der Waals surface area contributed by atoms with E-state index in [0.717, 1.165) is 3.57 Å². The number of hydrogen-bond acceptors (Lipinski definition) is 1. The van der Waals surface area contributed by atoms with E-state index in [1.807, 2.05) is 22.6 Å². The highest BCUT2D eigenvalue weighted by Crippen LogP contribution is 2.42. The number of benzene rings is 1. The zero-order valence-electron chi connectivity index (χ0n) is 6.94. The fraction of sp³-hybridized carbons (Fsp3) is 0.333. The van der Waals surface area contributed by atoms with Gasteiger partial charge in [0.15, 0.2) is 6.10 Å². The fourth-order valence-corrected chi connectivity index (χ4v) is 1.99. The molecule has 5 heteroatoms. The first-order chi connectivity index (χ1) is 6.48. The predicted molar refractivity (Wildman–Crippen MR) is 52.7 cm³/mol. The number of ether oxygens (including phenoxy) is 1. The Kier molecular flexibility index (Phi) is 2.46. The normalized spacial score (nSPS) is 21.0. The number of alkyl halides is 3. The van der Waals surface area contributed by atoms with Gasteiger partial charge in [0.05, 0.1) is 6.61 Å². The third-order valence-electron chi connectivity index (χ3n) is 2.09. The van der Waals surface area contributed by atoms with Crippen LogP contribution in [0.1, 0.15) is 17.2 Å². The van der Waals surface area contributed by atoms with E-state index in [4.69, 9.17) is 4.74 Å². The lowest BCUT2D eigenvalue weighted by Gasteiger charge is -2.14. The highest BCUT2D eigenvalue weighted by Gasteiger charge is 2.45. The van der Waals surface area contributed by atoms with Crippen molar-refractivity contribution in [1.29, 1.82) is 0 Å². The van der Waals surface area contributed by atoms with Gasteiger partial charge in [-0.2, -0.15) is 13.2 Å². The van der Waals surface area contributed by atoms with E-state index in [9.17, 15) is 13.2 Å². The van der Waals surface area contributed by atoms with Crippen LogP contribution in [0.25, 0.3) is 0 Å². The minimum Gasteiger partial charge on any atom is -0.359 e. The van der Waals surface area contributed by atoms with Crippen molar-refractivity contribution in [2.75, 3.05) is 0 Å². The van der Waals surface area contributed by atoms with E-state index < -0.39 is 12.3 Å². The second-order valence-corrected chi connectivity index (χ2v) is 4.32. The Balaban J connectivity index is 2.43. The summed E-state index contributed by atoms with van der Waals surface area (Å²) in [7, 11) is 0. The molecule has 1 aromatic carbocycles. The molecule has 0 saturated carbocycles. The zero-order chi connectivity index (χ0) is 10.3. The molecule has 0 N–H and O–H groups in total. The van der Waals surface area contributed by atoms with Gasteiger partial charge in [-0.25, -0.2) is 0 Å². The quantitative estimate of drug-likeness (QED) is 0.667. The average molecular weight is 314 g/mol. The Hall–Kier alpha value is -0.300. The van der Waals surface area contributed by atoms with Gasteiger partial charge in [0.25, 0.3) is 0 Å². The maximum Gasteiger partial charge on any atom is 0.418 e. The molecule has 1 aromatic rings. The molecule has 0 bridgehead atoms. The third-order valence-corrected chi connectivity index (χ3v) is 2.76. The van der Waals surface area contributed by atoms with Crippen molar-refractivity contribution in [3.05, 3.63) is 32.9 Å². The van der Waals surface area contributed by atoms with Crippen molar-refractivity contribution in [2.45, 2.75) is 18.9 Å². The van der Waals surface area contributed by atoms with Crippen LogP contribution in [-0.2, 0) is 11.3 Å². The maximum atomic E-state index is 12.4. The number of rotatable bonds is 0. The van der Waals surface area contributed by atoms with Crippen LogP contribution in [0.5, 0.6) is 0 Å². The molecule has 1 unspecified atom stereocenters. The molecule has 0 aliphatic carbocycles. The summed E-state index contributed by atoms with van der Waals surface area (Å²) >= 11 is 1.99. The highest BCUT2D eigenvalue weighted by molar-refractivity contribution is 14.1. The highest BCUT2D eigenvalue weighted by atomic mass is 127. The molecule has 1 nitrogen and oxygen atoms in total. The third kappa shape index (κ3) is 1.75. The van der Waals surface area contributed by atoms with Crippen LogP contribution in [0, 0.1) is 3.57 Å². The van der Waals surface area contributed by atoms with Gasteiger partial charge in [-0.1, -0.05) is 6.07 Å². The van der Waals surface area contributed by atoms with Crippen LogP contribution < -0.4 is 0 Å². The van der Waals surface area contributed by atoms with Gasteiger partial charge in [0, 0.05) is 3.57 Å². The molecule has 76 valence electrons. The van der Waals surface area contributed by atoms with Crippen LogP contribution in [0.2, 0.25) is 0 Å². The fourth-order valence-electron chi connectivity index (χ4n) is 1.48. The first-order valence-electron chi connectivity index (χ1n) is 3.95. The van der Waals surface area contributed by atoms with E-state index in [-0.39, 0.29) is 12.2 Å². The molecular formula is C9H6F3IO. The molecular weight excluding hydrogens is 308 g/mol. The summed E-state index contributed by atoms with van der Waals surface area (Å²) in [5, 5.41) is 0. The maximum absolute atomic E-state index is 12.4. The van der Waals surface area contributed by atoms with Crippen LogP contribution in [0.15, 0.2) is 18.2 Å². The lowest BCUT2D eigenvalue weighted by molar-refractivity contribution is -0.219. The summed E-state index contributed by atoms with van der Waals surface area (Å²) in [6.45, 7) is 0.0520. The first kappa shape index (κ1) is 10.2. The summed E-state index contributed by atoms with van der Waals surface area (Å²) in [4.78, 5) is 0. The predicted octanol–water partition coefficient (Wildman–Crippen LogP) is 3.42. The largest absolute Gasteiger partial charge is 0.418 e. The topological polar surface area (TPSA) is 9.23 Å². The molecule has 0 saturated heterocycles. The van der Waals surface area contributed by atoms with Gasteiger partial charge in [0.2, 0.25) is 0 Å². The number of fused-ring (bicyclic) bond motifs is 1. The number of hydrogen-bond donors (Lipinski definition) is 0. The van der Waals surface area contributed by atoms with Gasteiger partial charge in [-0.15, -0.1) is 0 Å². The molecule has 0 fully saturated rings. The van der Waals surface area contributed by atoms with Crippen LogP contribution in [-0.4, -0.2) is 6.18 Å². The summed E-state index contributed by atoms with van der Waals surface area (Å²) in [5.74, 6) is 0. The zero-order valence-corrected chi connectivity index (χ0v) is 9.09. The lowest BCUT2D eigenvalue weighted by Crippen LogP contribution is -2.19. The van der Waals surface area contributed by atoms with Crippen LogP contribution in [0.4, 0.5) is 13.2 Å². The van der Waals surface area contributed by atoms with E-state index in [0.29, 0.717) is 5.56 Å². The van der Waals surface area contributed by atoms with Gasteiger partial charge in [-0.3, -0.25) is 0 Å². The van der Waals surface area contributed by atoms with Crippen molar-refractivity contribution < 1.29 is 17.9 Å². The summed E-state index contributed by atoms with van der Waals surface area (Å²) in [5.41, 5.74) is 0.886. The molecule has 0 spiro atoms. The molecule has 2 rings (SSSR count). The Morgan fingerprint density at radius 2 is 2.07 bits per heavy atom. The van der Waals surface area contributed by atoms with E-state index >= 15 is 0 Å². The van der Waals surface area contributed by atoms with Crippen LogP contribution >= 0.6 is 22.6 Å². The standard InChI is InChI=1S/C9H6F3IO/c10-9(11,12)8-7-3-6(13)2-1-5(7)4-14-8/h1-3,8H,4H2. The Bertz CT molecular complexity index is 362. The Morgan fingerprint density at radius 1 is 1.36 bits per heavy atom. The molecule has 14 heavy (non-hydrogen) atoms. The molecule has 0 radical (unpaired) electrons. The second kappa shape index (κ2) is 3.37. The molecule has 0 aromatic heterocycles. The Labute approximate surface area is 92.4 Å². The number of halogens is 4. The molecule has 1 aliphatic rings. The van der Waals surface area contributed by atoms with Gasteiger partial charge in [-0.05, 0) is 45.9 Å². The minimum atomic E-state index is -4.31. The van der Waals surface area contributed by atoms with Gasteiger partial charge < -0.3 is 4.74 Å². The summed E-state index contributed by atoms with van der Waals surface area (Å²) in [6.07, 6.45) is -6.05. The van der Waals surface area contributed by atoms with Crippen molar-refractivity contribution in [2.24, 2.45) is 0 Å². The van der Waals surface area contributed by atoms with Crippen LogP contribution in [0.3, 0.4) is 0 Å². The van der Waals surface area contributed by atoms with Crippen molar-refractivity contribution in [3.63, 3.8) is 0 Å².